The molecule has 1 aliphatic rings. The van der Waals surface area contributed by atoms with Crippen LogP contribution in [0.1, 0.15) is 73.8 Å². The summed E-state index contributed by atoms with van der Waals surface area (Å²) in [6, 6.07) is 10.7. The minimum atomic E-state index is -2.01. The molecule has 1 aromatic rings. The molecule has 0 saturated heterocycles. The Balaban J connectivity index is 2.44. The van der Waals surface area contributed by atoms with Gasteiger partial charge in [-0.25, -0.2) is 0 Å². The summed E-state index contributed by atoms with van der Waals surface area (Å²) >= 11 is 0. The SMILES string of the molecule is CCC(=O)[C@@H]1C[C@H](Cc2ccccc2)C(O[Si](C(C)C)(C(C)C)C(C)C)=C[C@@H]1C. The second-order valence-electron chi connectivity index (χ2n) is 9.90. The number of benzene rings is 1. The number of hydrogen-bond donors (Lipinski definition) is 0. The van der Waals surface area contributed by atoms with Crippen LogP contribution in [0.4, 0.5) is 0 Å². The molecule has 0 N–H and O–H groups in total. The summed E-state index contributed by atoms with van der Waals surface area (Å²) in [5.74, 6) is 2.23. The van der Waals surface area contributed by atoms with Gasteiger partial charge in [-0.3, -0.25) is 4.79 Å². The average molecular weight is 415 g/mol. The third-order valence-corrected chi connectivity index (χ3v) is 13.1. The predicted molar refractivity (Wildman–Crippen MR) is 126 cm³/mol. The molecule has 29 heavy (non-hydrogen) atoms. The Bertz CT molecular complexity index is 668. The van der Waals surface area contributed by atoms with E-state index in [0.717, 1.165) is 12.8 Å². The first-order chi connectivity index (χ1) is 13.6. The van der Waals surface area contributed by atoms with E-state index in [2.05, 4.69) is 84.9 Å². The van der Waals surface area contributed by atoms with Crippen molar-refractivity contribution in [3.8, 4) is 0 Å². The molecule has 0 spiro atoms. The van der Waals surface area contributed by atoms with Gasteiger partial charge in [0.25, 0.3) is 8.32 Å². The summed E-state index contributed by atoms with van der Waals surface area (Å²) in [4.78, 5) is 12.6. The van der Waals surface area contributed by atoms with Gasteiger partial charge < -0.3 is 4.43 Å². The lowest BCUT2D eigenvalue weighted by Crippen LogP contribution is -2.48. The normalized spacial score (nSPS) is 22.9. The van der Waals surface area contributed by atoms with Gasteiger partial charge in [0.1, 0.15) is 5.78 Å². The Kier molecular flexibility index (Phi) is 8.34. The van der Waals surface area contributed by atoms with E-state index < -0.39 is 8.32 Å². The second kappa shape index (κ2) is 10.1. The summed E-state index contributed by atoms with van der Waals surface area (Å²) < 4.78 is 7.17. The number of carbonyl (C=O) groups is 1. The molecule has 2 rings (SSSR count). The molecule has 162 valence electrons. The molecular formula is C26H42O2Si. The van der Waals surface area contributed by atoms with Crippen molar-refractivity contribution in [3.63, 3.8) is 0 Å². The minimum Gasteiger partial charge on any atom is -0.546 e. The van der Waals surface area contributed by atoms with E-state index in [1.54, 1.807) is 0 Å². The smallest absolute Gasteiger partial charge is 0.258 e. The van der Waals surface area contributed by atoms with Crippen LogP contribution in [0.3, 0.4) is 0 Å². The van der Waals surface area contributed by atoms with Gasteiger partial charge in [-0.05, 0) is 47.0 Å². The molecule has 0 bridgehead atoms. The summed E-state index contributed by atoms with van der Waals surface area (Å²) in [7, 11) is -2.01. The highest BCUT2D eigenvalue weighted by Gasteiger charge is 2.48. The van der Waals surface area contributed by atoms with Crippen molar-refractivity contribution in [3.05, 3.63) is 47.7 Å². The largest absolute Gasteiger partial charge is 0.546 e. The number of Topliss-reactive ketones (excluding diaryl/α,β-unsaturated/α-hetero) is 1. The van der Waals surface area contributed by atoms with Crippen molar-refractivity contribution in [2.45, 2.75) is 91.3 Å². The van der Waals surface area contributed by atoms with Crippen molar-refractivity contribution in [2.75, 3.05) is 0 Å². The molecule has 0 fully saturated rings. The van der Waals surface area contributed by atoms with E-state index in [0.29, 0.717) is 28.8 Å². The number of ketones is 1. The van der Waals surface area contributed by atoms with Gasteiger partial charge in [0.05, 0.1) is 5.76 Å². The van der Waals surface area contributed by atoms with Crippen LogP contribution in [0.15, 0.2) is 42.2 Å². The molecule has 0 amide bonds. The first-order valence-electron chi connectivity index (χ1n) is 11.6. The fourth-order valence-electron chi connectivity index (χ4n) is 5.59. The molecule has 0 aromatic heterocycles. The molecule has 0 unspecified atom stereocenters. The third kappa shape index (κ3) is 5.23. The summed E-state index contributed by atoms with van der Waals surface area (Å²) in [6.07, 6.45) is 4.79. The van der Waals surface area contributed by atoms with Crippen LogP contribution < -0.4 is 0 Å². The second-order valence-corrected chi connectivity index (χ2v) is 15.3. The third-order valence-electron chi connectivity index (χ3n) is 7.09. The number of carbonyl (C=O) groups excluding carboxylic acids is 1. The zero-order valence-electron chi connectivity index (χ0n) is 19.9. The number of allylic oxidation sites excluding steroid dienone is 2. The number of rotatable bonds is 9. The monoisotopic (exact) mass is 414 g/mol. The maximum atomic E-state index is 12.6. The Labute approximate surface area is 180 Å². The topological polar surface area (TPSA) is 26.3 Å². The van der Waals surface area contributed by atoms with Crippen LogP contribution >= 0.6 is 0 Å². The van der Waals surface area contributed by atoms with Crippen molar-refractivity contribution in [2.24, 2.45) is 17.8 Å². The maximum absolute atomic E-state index is 12.6. The van der Waals surface area contributed by atoms with E-state index in [9.17, 15) is 4.79 Å². The number of hydrogen-bond acceptors (Lipinski definition) is 2. The van der Waals surface area contributed by atoms with Crippen LogP contribution in [0, 0.1) is 17.8 Å². The average Bonchev–Trinajstić information content (AvgIpc) is 2.67. The molecule has 2 nitrogen and oxygen atoms in total. The molecule has 3 atom stereocenters. The first kappa shape index (κ1) is 23.9. The Morgan fingerprint density at radius 1 is 1.03 bits per heavy atom. The van der Waals surface area contributed by atoms with Gasteiger partial charge in [-0.2, -0.15) is 0 Å². The van der Waals surface area contributed by atoms with Crippen LogP contribution in [0.5, 0.6) is 0 Å². The van der Waals surface area contributed by atoms with Gasteiger partial charge in [0.2, 0.25) is 0 Å². The van der Waals surface area contributed by atoms with Gasteiger partial charge in [-0.1, -0.05) is 85.7 Å². The van der Waals surface area contributed by atoms with Crippen LogP contribution in [0.2, 0.25) is 16.6 Å². The molecule has 3 heteroatoms. The van der Waals surface area contributed by atoms with Crippen molar-refractivity contribution < 1.29 is 9.22 Å². The molecule has 0 radical (unpaired) electrons. The fraction of sp³-hybridized carbons (Fsp3) is 0.654. The maximum Gasteiger partial charge on any atom is 0.258 e. The van der Waals surface area contributed by atoms with Crippen LogP contribution in [-0.4, -0.2) is 14.1 Å². The van der Waals surface area contributed by atoms with Crippen molar-refractivity contribution in [1.29, 1.82) is 0 Å². The Morgan fingerprint density at radius 3 is 2.07 bits per heavy atom. The quantitative estimate of drug-likeness (QED) is 0.390. The molecule has 0 heterocycles. The standard InChI is InChI=1S/C26H42O2Si/c1-9-25(27)24-17-23(16-22-13-11-10-12-14-22)26(15-21(24)8)28-29(18(2)3,19(4)5)20(6)7/h10-15,18-21,23-24H,9,16-17H2,1-8H3/t21-,23-,24+/m0/s1. The first-order valence-corrected chi connectivity index (χ1v) is 13.7. The lowest BCUT2D eigenvalue weighted by atomic mass is 9.74. The lowest BCUT2D eigenvalue weighted by Gasteiger charge is -2.46. The van der Waals surface area contributed by atoms with E-state index in [4.69, 9.17) is 4.43 Å². The van der Waals surface area contributed by atoms with E-state index in [1.165, 1.54) is 11.3 Å². The zero-order chi connectivity index (χ0) is 21.8. The summed E-state index contributed by atoms with van der Waals surface area (Å²) in [5.41, 5.74) is 2.97. The van der Waals surface area contributed by atoms with Gasteiger partial charge >= 0.3 is 0 Å². The molecule has 0 aliphatic heterocycles. The van der Waals surface area contributed by atoms with Crippen LogP contribution in [0.25, 0.3) is 0 Å². The van der Waals surface area contributed by atoms with Crippen LogP contribution in [-0.2, 0) is 15.6 Å². The Hall–Kier alpha value is -1.35. The molecule has 0 saturated carbocycles. The molecule has 1 aromatic carbocycles. The van der Waals surface area contributed by atoms with Gasteiger partial charge in [0, 0.05) is 18.3 Å². The molecule has 1 aliphatic carbocycles. The van der Waals surface area contributed by atoms with E-state index in [1.807, 2.05) is 6.92 Å². The minimum absolute atomic E-state index is 0.120. The van der Waals surface area contributed by atoms with Gasteiger partial charge in [0.15, 0.2) is 0 Å². The highest BCUT2D eigenvalue weighted by molar-refractivity contribution is 6.77. The van der Waals surface area contributed by atoms with E-state index >= 15 is 0 Å². The van der Waals surface area contributed by atoms with Gasteiger partial charge in [-0.15, -0.1) is 0 Å². The summed E-state index contributed by atoms with van der Waals surface area (Å²) in [5, 5.41) is 0. The highest BCUT2D eigenvalue weighted by Crippen LogP contribution is 2.47. The summed E-state index contributed by atoms with van der Waals surface area (Å²) in [6.45, 7) is 18.2. The van der Waals surface area contributed by atoms with Crippen molar-refractivity contribution >= 4 is 14.1 Å². The highest BCUT2D eigenvalue weighted by atomic mass is 28.4. The van der Waals surface area contributed by atoms with Crippen molar-refractivity contribution in [1.82, 2.24) is 0 Å². The Morgan fingerprint density at radius 2 is 1.59 bits per heavy atom. The van der Waals surface area contributed by atoms with E-state index in [-0.39, 0.29) is 17.8 Å². The lowest BCUT2D eigenvalue weighted by molar-refractivity contribution is -0.124. The molecular weight excluding hydrogens is 372 g/mol. The fourth-order valence-corrected chi connectivity index (χ4v) is 10.9. The zero-order valence-corrected chi connectivity index (χ0v) is 20.9. The predicted octanol–water partition coefficient (Wildman–Crippen LogP) is 7.56.